The quantitative estimate of drug-likeness (QED) is 0.564. The maximum absolute atomic E-state index is 11.1. The van der Waals surface area contributed by atoms with E-state index in [2.05, 4.69) is 6.92 Å². The monoisotopic (exact) mass is 356 g/mol. The Hall–Kier alpha value is -1.26. The van der Waals surface area contributed by atoms with E-state index in [1.165, 1.54) is 0 Å². The van der Waals surface area contributed by atoms with E-state index < -0.39 is 0 Å². The molecule has 0 heterocycles. The lowest BCUT2D eigenvalue weighted by atomic mass is 9.91. The minimum Gasteiger partial charge on any atom is -0.507 e. The van der Waals surface area contributed by atoms with Crippen LogP contribution < -0.4 is 0 Å². The zero-order valence-electron chi connectivity index (χ0n) is 15.0. The third-order valence-electron chi connectivity index (χ3n) is 4.95. The number of aldehydes is 1. The van der Waals surface area contributed by atoms with E-state index in [-0.39, 0.29) is 34.1 Å². The molecule has 0 aliphatic heterocycles. The minimum absolute atomic E-state index is 0.128. The van der Waals surface area contributed by atoms with Crippen LogP contribution in [0.15, 0.2) is 0 Å². The number of aliphatic hydroxyl groups excluding tert-OH is 1. The topological polar surface area (TPSA) is 77.8 Å². The van der Waals surface area contributed by atoms with Gasteiger partial charge in [-0.05, 0) is 50.5 Å². The second-order valence-corrected chi connectivity index (χ2v) is 7.32. The molecule has 1 aromatic rings. The van der Waals surface area contributed by atoms with Crippen molar-refractivity contribution < 1.29 is 20.1 Å². The summed E-state index contributed by atoms with van der Waals surface area (Å²) in [6.45, 7) is 7.57. The molecule has 0 aliphatic rings. The van der Waals surface area contributed by atoms with Gasteiger partial charge in [-0.15, -0.1) is 0 Å². The summed E-state index contributed by atoms with van der Waals surface area (Å²) in [5, 5.41) is 30.0. The van der Waals surface area contributed by atoms with Crippen LogP contribution in [0.25, 0.3) is 0 Å². The zero-order valence-corrected chi connectivity index (χ0v) is 15.7. The van der Waals surface area contributed by atoms with Crippen molar-refractivity contribution in [3.8, 4) is 11.5 Å². The Morgan fingerprint density at radius 2 is 1.71 bits per heavy atom. The molecule has 0 aromatic heterocycles. The van der Waals surface area contributed by atoms with Crippen molar-refractivity contribution in [1.82, 2.24) is 0 Å². The second-order valence-electron chi connectivity index (χ2n) is 6.94. The van der Waals surface area contributed by atoms with Crippen LogP contribution in [0.2, 0.25) is 5.02 Å². The van der Waals surface area contributed by atoms with Crippen molar-refractivity contribution >= 4 is 17.9 Å². The molecule has 136 valence electrons. The molecule has 0 fully saturated rings. The van der Waals surface area contributed by atoms with Crippen LogP contribution in [0.3, 0.4) is 0 Å². The van der Waals surface area contributed by atoms with Crippen molar-refractivity contribution in [2.75, 3.05) is 0 Å². The smallest absolute Gasteiger partial charge is 0.154 e. The Kier molecular flexibility index (Phi) is 8.04. The van der Waals surface area contributed by atoms with Gasteiger partial charge in [-0.25, -0.2) is 0 Å². The number of phenolic OH excluding ortho intramolecular Hbond substituents is 2. The maximum atomic E-state index is 11.1. The van der Waals surface area contributed by atoms with E-state index in [1.807, 2.05) is 13.8 Å². The molecule has 1 rings (SSSR count). The first-order chi connectivity index (χ1) is 11.2. The minimum atomic E-state index is -0.286. The van der Waals surface area contributed by atoms with Crippen LogP contribution in [0, 0.1) is 18.8 Å². The molecule has 4 nitrogen and oxygen atoms in total. The first-order valence-corrected chi connectivity index (χ1v) is 8.94. The van der Waals surface area contributed by atoms with Crippen molar-refractivity contribution in [2.24, 2.45) is 11.8 Å². The summed E-state index contributed by atoms with van der Waals surface area (Å²) in [4.78, 5) is 11.1. The lowest BCUT2D eigenvalue weighted by molar-refractivity contribution is 0.112. The predicted molar refractivity (Wildman–Crippen MR) is 97.1 cm³/mol. The molecular formula is C19H29ClO4. The van der Waals surface area contributed by atoms with Gasteiger partial charge in [0.15, 0.2) is 6.29 Å². The van der Waals surface area contributed by atoms with Gasteiger partial charge in [-0.3, -0.25) is 4.79 Å². The van der Waals surface area contributed by atoms with Crippen molar-refractivity contribution in [1.29, 1.82) is 0 Å². The van der Waals surface area contributed by atoms with E-state index in [0.29, 0.717) is 29.8 Å². The molecule has 3 atom stereocenters. The molecule has 1 aromatic carbocycles. The number of carbonyl (C=O) groups excluding carboxylic acids is 1. The number of halogens is 1. The molecule has 0 radical (unpaired) electrons. The molecule has 0 aliphatic carbocycles. The highest BCUT2D eigenvalue weighted by molar-refractivity contribution is 6.33. The van der Waals surface area contributed by atoms with Gasteiger partial charge in [0.25, 0.3) is 0 Å². The highest BCUT2D eigenvalue weighted by Gasteiger charge is 2.20. The second kappa shape index (κ2) is 9.28. The summed E-state index contributed by atoms with van der Waals surface area (Å²) in [5.74, 6) is 0.396. The van der Waals surface area contributed by atoms with Crippen molar-refractivity contribution in [2.45, 2.75) is 65.9 Å². The molecular weight excluding hydrogens is 328 g/mol. The lowest BCUT2D eigenvalue weighted by Crippen LogP contribution is -2.13. The predicted octanol–water partition coefficient (Wildman–Crippen LogP) is 4.63. The summed E-state index contributed by atoms with van der Waals surface area (Å²) >= 11 is 6.06. The van der Waals surface area contributed by atoms with Gasteiger partial charge in [0.05, 0.1) is 16.7 Å². The molecule has 0 saturated carbocycles. The Morgan fingerprint density at radius 1 is 1.08 bits per heavy atom. The number of benzene rings is 1. The van der Waals surface area contributed by atoms with Crippen LogP contribution >= 0.6 is 11.6 Å². The standard InChI is InChI=1S/C19H29ClO4/c1-11(6-5-7-12(2)14(4)22)8-9-15-18(23)16(10-21)13(3)17(20)19(15)24/h10-12,14,22-24H,5-9H2,1-4H3/t11?,12?,14-/m0/s1. The highest BCUT2D eigenvalue weighted by atomic mass is 35.5. The van der Waals surface area contributed by atoms with Crippen molar-refractivity contribution in [3.05, 3.63) is 21.7 Å². The zero-order chi connectivity index (χ0) is 18.4. The van der Waals surface area contributed by atoms with Gasteiger partial charge in [-0.1, -0.05) is 38.3 Å². The number of hydrogen-bond donors (Lipinski definition) is 3. The van der Waals surface area contributed by atoms with Crippen LogP contribution in [-0.2, 0) is 6.42 Å². The number of rotatable bonds is 9. The first kappa shape index (κ1) is 20.8. The van der Waals surface area contributed by atoms with E-state index in [9.17, 15) is 20.1 Å². The van der Waals surface area contributed by atoms with Crippen molar-refractivity contribution in [3.63, 3.8) is 0 Å². The van der Waals surface area contributed by atoms with Gasteiger partial charge in [0.1, 0.15) is 11.5 Å². The number of phenols is 2. The Bertz CT molecular complexity index is 569. The highest BCUT2D eigenvalue weighted by Crippen LogP contribution is 2.41. The molecule has 24 heavy (non-hydrogen) atoms. The number of aromatic hydroxyl groups is 2. The molecule has 0 spiro atoms. The first-order valence-electron chi connectivity index (χ1n) is 8.56. The molecule has 0 bridgehead atoms. The van der Waals surface area contributed by atoms with E-state index in [4.69, 9.17) is 11.6 Å². The molecule has 0 saturated heterocycles. The fraction of sp³-hybridized carbons (Fsp3) is 0.632. The summed E-state index contributed by atoms with van der Waals surface area (Å²) < 4.78 is 0. The van der Waals surface area contributed by atoms with Crippen LogP contribution in [0.1, 0.15) is 67.9 Å². The molecule has 0 amide bonds. The van der Waals surface area contributed by atoms with Gasteiger partial charge >= 0.3 is 0 Å². The average molecular weight is 357 g/mol. The van der Waals surface area contributed by atoms with Crippen LogP contribution in [0.4, 0.5) is 0 Å². The van der Waals surface area contributed by atoms with E-state index in [0.717, 1.165) is 25.7 Å². The van der Waals surface area contributed by atoms with Gasteiger partial charge < -0.3 is 15.3 Å². The van der Waals surface area contributed by atoms with Gasteiger partial charge in [0, 0.05) is 5.56 Å². The van der Waals surface area contributed by atoms with Crippen LogP contribution in [0.5, 0.6) is 11.5 Å². The number of carbonyl (C=O) groups is 1. The Labute approximate surface area is 149 Å². The lowest BCUT2D eigenvalue weighted by Gasteiger charge is -2.18. The Balaban J connectivity index is 2.67. The fourth-order valence-corrected chi connectivity index (χ4v) is 3.04. The van der Waals surface area contributed by atoms with Gasteiger partial charge in [0.2, 0.25) is 0 Å². The summed E-state index contributed by atoms with van der Waals surface area (Å²) in [7, 11) is 0. The van der Waals surface area contributed by atoms with Crippen LogP contribution in [-0.4, -0.2) is 27.7 Å². The molecule has 3 N–H and O–H groups in total. The fourth-order valence-electron chi connectivity index (χ4n) is 2.83. The summed E-state index contributed by atoms with van der Waals surface area (Å²) in [5.41, 5.74) is 0.883. The summed E-state index contributed by atoms with van der Waals surface area (Å²) in [6, 6.07) is 0. The maximum Gasteiger partial charge on any atom is 0.154 e. The third kappa shape index (κ3) is 5.12. The molecule has 5 heteroatoms. The number of hydrogen-bond acceptors (Lipinski definition) is 4. The average Bonchev–Trinajstić information content (AvgIpc) is 2.53. The number of aliphatic hydroxyl groups is 1. The Morgan fingerprint density at radius 3 is 2.25 bits per heavy atom. The van der Waals surface area contributed by atoms with E-state index in [1.54, 1.807) is 6.92 Å². The van der Waals surface area contributed by atoms with Gasteiger partial charge in [-0.2, -0.15) is 0 Å². The normalized spacial score (nSPS) is 15.1. The van der Waals surface area contributed by atoms with E-state index >= 15 is 0 Å². The molecule has 2 unspecified atom stereocenters. The largest absolute Gasteiger partial charge is 0.507 e. The third-order valence-corrected chi connectivity index (χ3v) is 5.42. The summed E-state index contributed by atoms with van der Waals surface area (Å²) in [6.07, 6.45) is 4.54. The SMILES string of the molecule is Cc1c(Cl)c(O)c(CCC(C)CCCC(C)[C@H](C)O)c(O)c1C=O.